The number of furan rings is 1. The predicted octanol–water partition coefficient (Wildman–Crippen LogP) is 4.63. The van der Waals surface area contributed by atoms with E-state index in [2.05, 4.69) is 5.32 Å². The van der Waals surface area contributed by atoms with Crippen molar-refractivity contribution in [2.75, 3.05) is 0 Å². The van der Waals surface area contributed by atoms with E-state index in [-0.39, 0.29) is 0 Å². The van der Waals surface area contributed by atoms with Crippen LogP contribution in [0.15, 0.2) is 40.8 Å². The number of hydrogen-bond donors (Lipinski definition) is 1. The van der Waals surface area contributed by atoms with Crippen molar-refractivity contribution < 1.29 is 4.42 Å². The lowest BCUT2D eigenvalue weighted by Gasteiger charge is -2.09. The minimum absolute atomic E-state index is 0.670. The molecular formula is C16H18ClNO. The maximum Gasteiger partial charge on any atom is 0.134 e. The van der Waals surface area contributed by atoms with Gasteiger partial charge in [0.15, 0.2) is 0 Å². The van der Waals surface area contributed by atoms with E-state index < -0.39 is 0 Å². The summed E-state index contributed by atoms with van der Waals surface area (Å²) in [6, 6.07) is 12.5. The first kappa shape index (κ1) is 12.8. The molecule has 1 N–H and O–H groups in total. The Balaban J connectivity index is 1.63. The molecule has 2 aromatic rings. The molecule has 1 fully saturated rings. The van der Waals surface area contributed by atoms with Crippen LogP contribution in [0.1, 0.15) is 31.4 Å². The van der Waals surface area contributed by atoms with Crippen LogP contribution in [0.5, 0.6) is 0 Å². The van der Waals surface area contributed by atoms with E-state index in [1.165, 1.54) is 25.7 Å². The lowest BCUT2D eigenvalue weighted by molar-refractivity contribution is 0.452. The van der Waals surface area contributed by atoms with Gasteiger partial charge in [-0.15, -0.1) is 0 Å². The summed E-state index contributed by atoms with van der Waals surface area (Å²) in [7, 11) is 0. The first-order valence-electron chi connectivity index (χ1n) is 6.89. The summed E-state index contributed by atoms with van der Waals surface area (Å²) in [6.07, 6.45) is 5.30. The average molecular weight is 276 g/mol. The van der Waals surface area contributed by atoms with Crippen molar-refractivity contribution in [3.05, 3.63) is 47.2 Å². The maximum atomic E-state index is 5.89. The minimum Gasteiger partial charge on any atom is -0.460 e. The monoisotopic (exact) mass is 275 g/mol. The summed E-state index contributed by atoms with van der Waals surface area (Å²) >= 11 is 5.89. The van der Waals surface area contributed by atoms with Crippen LogP contribution in [0.4, 0.5) is 0 Å². The molecule has 0 atom stereocenters. The van der Waals surface area contributed by atoms with Crippen molar-refractivity contribution >= 4 is 11.6 Å². The van der Waals surface area contributed by atoms with Crippen LogP contribution >= 0.6 is 11.6 Å². The average Bonchev–Trinajstić information content (AvgIpc) is 3.09. The van der Waals surface area contributed by atoms with Crippen molar-refractivity contribution in [1.82, 2.24) is 5.32 Å². The molecule has 0 bridgehead atoms. The SMILES string of the molecule is Clc1ccc(-c2ccc(CNC3CCCC3)o2)cc1. The molecule has 100 valence electrons. The van der Waals surface area contributed by atoms with Gasteiger partial charge in [0.1, 0.15) is 11.5 Å². The second kappa shape index (κ2) is 5.81. The highest BCUT2D eigenvalue weighted by molar-refractivity contribution is 6.30. The molecular weight excluding hydrogens is 258 g/mol. The fourth-order valence-electron chi connectivity index (χ4n) is 2.62. The Morgan fingerprint density at radius 2 is 1.79 bits per heavy atom. The highest BCUT2D eigenvalue weighted by atomic mass is 35.5. The zero-order valence-corrected chi connectivity index (χ0v) is 11.6. The normalized spacial score (nSPS) is 16.1. The Labute approximate surface area is 118 Å². The summed E-state index contributed by atoms with van der Waals surface area (Å²) in [5.41, 5.74) is 1.07. The molecule has 0 spiro atoms. The molecule has 1 heterocycles. The molecule has 0 unspecified atom stereocenters. The van der Waals surface area contributed by atoms with Crippen molar-refractivity contribution in [3.63, 3.8) is 0 Å². The van der Waals surface area contributed by atoms with Crippen LogP contribution in [-0.4, -0.2) is 6.04 Å². The van der Waals surface area contributed by atoms with Gasteiger partial charge in [-0.1, -0.05) is 24.4 Å². The van der Waals surface area contributed by atoms with Crippen molar-refractivity contribution in [1.29, 1.82) is 0 Å². The number of halogens is 1. The van der Waals surface area contributed by atoms with Crippen LogP contribution in [0.25, 0.3) is 11.3 Å². The number of benzene rings is 1. The van der Waals surface area contributed by atoms with E-state index in [0.717, 1.165) is 28.7 Å². The smallest absolute Gasteiger partial charge is 0.134 e. The Hall–Kier alpha value is -1.25. The lowest BCUT2D eigenvalue weighted by atomic mass is 10.2. The molecule has 0 amide bonds. The third-order valence-electron chi connectivity index (χ3n) is 3.71. The lowest BCUT2D eigenvalue weighted by Crippen LogP contribution is -2.24. The fraction of sp³-hybridized carbons (Fsp3) is 0.375. The van der Waals surface area contributed by atoms with Gasteiger partial charge >= 0.3 is 0 Å². The molecule has 19 heavy (non-hydrogen) atoms. The van der Waals surface area contributed by atoms with E-state index >= 15 is 0 Å². The molecule has 0 saturated heterocycles. The topological polar surface area (TPSA) is 25.2 Å². The molecule has 1 aromatic heterocycles. The van der Waals surface area contributed by atoms with E-state index in [1.807, 2.05) is 36.4 Å². The van der Waals surface area contributed by atoms with Gasteiger partial charge in [-0.2, -0.15) is 0 Å². The van der Waals surface area contributed by atoms with E-state index in [0.29, 0.717) is 6.04 Å². The molecule has 1 aliphatic rings. The third-order valence-corrected chi connectivity index (χ3v) is 3.96. The predicted molar refractivity (Wildman–Crippen MR) is 78.2 cm³/mol. The molecule has 3 rings (SSSR count). The molecule has 1 aromatic carbocycles. The highest BCUT2D eigenvalue weighted by Crippen LogP contribution is 2.24. The van der Waals surface area contributed by atoms with Gasteiger partial charge in [0.05, 0.1) is 6.54 Å². The molecule has 0 aliphatic heterocycles. The second-order valence-electron chi connectivity index (χ2n) is 5.14. The van der Waals surface area contributed by atoms with Crippen molar-refractivity contribution in [2.45, 2.75) is 38.3 Å². The van der Waals surface area contributed by atoms with Gasteiger partial charge in [0.25, 0.3) is 0 Å². The largest absolute Gasteiger partial charge is 0.460 e. The number of hydrogen-bond acceptors (Lipinski definition) is 2. The van der Waals surface area contributed by atoms with Crippen LogP contribution in [0.3, 0.4) is 0 Å². The van der Waals surface area contributed by atoms with Crippen LogP contribution in [0.2, 0.25) is 5.02 Å². The van der Waals surface area contributed by atoms with E-state index in [9.17, 15) is 0 Å². The van der Waals surface area contributed by atoms with Crippen LogP contribution in [-0.2, 0) is 6.54 Å². The molecule has 1 saturated carbocycles. The summed E-state index contributed by atoms with van der Waals surface area (Å²) in [5.74, 6) is 1.90. The molecule has 0 radical (unpaired) electrons. The van der Waals surface area contributed by atoms with E-state index in [4.69, 9.17) is 16.0 Å². The van der Waals surface area contributed by atoms with Crippen LogP contribution < -0.4 is 5.32 Å². The molecule has 2 nitrogen and oxygen atoms in total. The number of nitrogens with one attached hydrogen (secondary N) is 1. The van der Waals surface area contributed by atoms with Crippen LogP contribution in [0, 0.1) is 0 Å². The summed E-state index contributed by atoms with van der Waals surface area (Å²) in [5, 5.41) is 4.31. The van der Waals surface area contributed by atoms with Gasteiger partial charge in [-0.05, 0) is 49.2 Å². The van der Waals surface area contributed by atoms with E-state index in [1.54, 1.807) is 0 Å². The minimum atomic E-state index is 0.670. The van der Waals surface area contributed by atoms with Gasteiger partial charge in [-0.3, -0.25) is 0 Å². The standard InChI is InChI=1S/C16H18ClNO/c17-13-7-5-12(6-8-13)16-10-9-15(19-16)11-18-14-3-1-2-4-14/h5-10,14,18H,1-4,11H2. The molecule has 1 aliphatic carbocycles. The number of rotatable bonds is 4. The fourth-order valence-corrected chi connectivity index (χ4v) is 2.74. The summed E-state index contributed by atoms with van der Waals surface area (Å²) in [6.45, 7) is 0.818. The second-order valence-corrected chi connectivity index (χ2v) is 5.57. The van der Waals surface area contributed by atoms with Crippen molar-refractivity contribution in [2.24, 2.45) is 0 Å². The van der Waals surface area contributed by atoms with Gasteiger partial charge < -0.3 is 9.73 Å². The van der Waals surface area contributed by atoms with Gasteiger partial charge in [0, 0.05) is 16.6 Å². The summed E-state index contributed by atoms with van der Waals surface area (Å²) < 4.78 is 5.86. The Morgan fingerprint density at radius 3 is 2.53 bits per heavy atom. The zero-order chi connectivity index (χ0) is 13.1. The Bertz CT molecular complexity index is 526. The zero-order valence-electron chi connectivity index (χ0n) is 10.9. The quantitative estimate of drug-likeness (QED) is 0.880. The highest BCUT2D eigenvalue weighted by Gasteiger charge is 2.14. The first-order chi connectivity index (χ1) is 9.31. The first-order valence-corrected chi connectivity index (χ1v) is 7.27. The Morgan fingerprint density at radius 1 is 1.05 bits per heavy atom. The van der Waals surface area contributed by atoms with Crippen molar-refractivity contribution in [3.8, 4) is 11.3 Å². The Kier molecular flexibility index (Phi) is 3.90. The molecule has 3 heteroatoms. The van der Waals surface area contributed by atoms with Gasteiger partial charge in [0.2, 0.25) is 0 Å². The third kappa shape index (κ3) is 3.20. The summed E-state index contributed by atoms with van der Waals surface area (Å²) in [4.78, 5) is 0. The maximum absolute atomic E-state index is 5.89. The van der Waals surface area contributed by atoms with Gasteiger partial charge in [-0.25, -0.2) is 0 Å².